The standard InChI is InChI=1S/C26H29Cl2NO3/c1-8-32-24(31)16(14-29)21(22-19(27)10-9-11-20(22)28)15-12-17(25(2,3)4)23(30)18(13-15)26(5,6)7/h9-13,30H,8H2,1-7H3. The molecule has 2 rings (SSSR count). The van der Waals surface area contributed by atoms with Gasteiger partial charge in [-0.2, -0.15) is 5.26 Å². The monoisotopic (exact) mass is 473 g/mol. The van der Waals surface area contributed by atoms with Crippen LogP contribution in [0.5, 0.6) is 5.75 Å². The summed E-state index contributed by atoms with van der Waals surface area (Å²) in [6.07, 6.45) is 0. The van der Waals surface area contributed by atoms with Crippen molar-refractivity contribution in [2.24, 2.45) is 0 Å². The summed E-state index contributed by atoms with van der Waals surface area (Å²) < 4.78 is 5.16. The summed E-state index contributed by atoms with van der Waals surface area (Å²) in [5, 5.41) is 21.7. The van der Waals surface area contributed by atoms with Crippen molar-refractivity contribution in [3.63, 3.8) is 0 Å². The fourth-order valence-corrected chi connectivity index (χ4v) is 4.07. The van der Waals surface area contributed by atoms with Crippen LogP contribution in [0, 0.1) is 11.3 Å². The molecule has 2 aromatic carbocycles. The molecule has 0 bridgehead atoms. The van der Waals surface area contributed by atoms with E-state index in [0.29, 0.717) is 32.3 Å². The molecule has 4 nitrogen and oxygen atoms in total. The number of hydrogen-bond donors (Lipinski definition) is 1. The number of halogens is 2. The van der Waals surface area contributed by atoms with E-state index in [1.165, 1.54) is 0 Å². The molecular weight excluding hydrogens is 445 g/mol. The maximum Gasteiger partial charge on any atom is 0.349 e. The summed E-state index contributed by atoms with van der Waals surface area (Å²) in [4.78, 5) is 12.8. The molecular formula is C26H29Cl2NO3. The van der Waals surface area contributed by atoms with Crippen molar-refractivity contribution in [2.75, 3.05) is 6.61 Å². The van der Waals surface area contributed by atoms with Gasteiger partial charge in [0, 0.05) is 32.3 Å². The van der Waals surface area contributed by atoms with Crippen molar-refractivity contribution < 1.29 is 14.6 Å². The maximum absolute atomic E-state index is 12.8. The highest BCUT2D eigenvalue weighted by atomic mass is 35.5. The normalized spacial score (nSPS) is 12.8. The average Bonchev–Trinajstić information content (AvgIpc) is 2.66. The van der Waals surface area contributed by atoms with E-state index in [-0.39, 0.29) is 23.5 Å². The highest BCUT2D eigenvalue weighted by Crippen LogP contribution is 2.44. The van der Waals surface area contributed by atoms with Gasteiger partial charge in [-0.05, 0) is 47.6 Å². The second-order valence-corrected chi connectivity index (χ2v) is 10.4. The van der Waals surface area contributed by atoms with Crippen molar-refractivity contribution in [1.29, 1.82) is 5.26 Å². The molecule has 170 valence electrons. The third kappa shape index (κ3) is 5.28. The summed E-state index contributed by atoms with van der Waals surface area (Å²) in [7, 11) is 0. The predicted octanol–water partition coefficient (Wildman–Crippen LogP) is 7.18. The van der Waals surface area contributed by atoms with Gasteiger partial charge in [-0.3, -0.25) is 0 Å². The fraction of sp³-hybridized carbons (Fsp3) is 0.385. The third-order valence-electron chi connectivity index (χ3n) is 5.07. The van der Waals surface area contributed by atoms with Gasteiger partial charge in [-0.15, -0.1) is 0 Å². The van der Waals surface area contributed by atoms with Crippen LogP contribution in [-0.2, 0) is 20.4 Å². The van der Waals surface area contributed by atoms with Crippen molar-refractivity contribution in [3.05, 3.63) is 68.2 Å². The van der Waals surface area contributed by atoms with E-state index in [1.807, 2.05) is 47.6 Å². The Morgan fingerprint density at radius 1 is 1.03 bits per heavy atom. The van der Waals surface area contributed by atoms with Crippen molar-refractivity contribution in [2.45, 2.75) is 59.3 Å². The van der Waals surface area contributed by atoms with E-state index in [0.717, 1.165) is 0 Å². The van der Waals surface area contributed by atoms with E-state index in [2.05, 4.69) is 0 Å². The second-order valence-electron chi connectivity index (χ2n) is 9.60. The van der Waals surface area contributed by atoms with Gasteiger partial charge in [0.15, 0.2) is 0 Å². The number of benzene rings is 2. The Bertz CT molecular complexity index is 1060. The van der Waals surface area contributed by atoms with Gasteiger partial charge in [0.1, 0.15) is 17.4 Å². The predicted molar refractivity (Wildman–Crippen MR) is 130 cm³/mol. The number of nitriles is 1. The zero-order valence-corrected chi connectivity index (χ0v) is 21.1. The Hall–Kier alpha value is -2.48. The highest BCUT2D eigenvalue weighted by molar-refractivity contribution is 6.38. The fourth-order valence-electron chi connectivity index (χ4n) is 3.48. The van der Waals surface area contributed by atoms with Crippen LogP contribution in [0.15, 0.2) is 35.9 Å². The molecule has 0 atom stereocenters. The summed E-state index contributed by atoms with van der Waals surface area (Å²) >= 11 is 13.0. The van der Waals surface area contributed by atoms with E-state index in [9.17, 15) is 15.2 Å². The largest absolute Gasteiger partial charge is 0.507 e. The van der Waals surface area contributed by atoms with Gasteiger partial charge in [0.25, 0.3) is 0 Å². The number of rotatable bonds is 4. The van der Waals surface area contributed by atoms with Gasteiger partial charge in [0.05, 0.1) is 6.61 Å². The average molecular weight is 474 g/mol. The van der Waals surface area contributed by atoms with Gasteiger partial charge >= 0.3 is 5.97 Å². The number of carbonyl (C=O) groups excluding carboxylic acids is 1. The number of phenols is 1. The molecule has 6 heteroatoms. The zero-order valence-electron chi connectivity index (χ0n) is 19.6. The number of ether oxygens (including phenoxy) is 1. The Labute approximate surface area is 200 Å². The van der Waals surface area contributed by atoms with Crippen LogP contribution < -0.4 is 0 Å². The quantitative estimate of drug-likeness (QED) is 0.289. The highest BCUT2D eigenvalue weighted by Gasteiger charge is 2.30. The van der Waals surface area contributed by atoms with Crippen LogP contribution in [0.3, 0.4) is 0 Å². The molecule has 0 spiro atoms. The van der Waals surface area contributed by atoms with E-state index in [4.69, 9.17) is 27.9 Å². The Morgan fingerprint density at radius 2 is 1.50 bits per heavy atom. The van der Waals surface area contributed by atoms with Crippen LogP contribution in [0.25, 0.3) is 5.57 Å². The Balaban J connectivity index is 3.11. The number of esters is 1. The smallest absolute Gasteiger partial charge is 0.349 e. The van der Waals surface area contributed by atoms with Crippen LogP contribution in [0.1, 0.15) is 70.7 Å². The van der Waals surface area contributed by atoms with Crippen LogP contribution in [0.2, 0.25) is 10.0 Å². The summed E-state index contributed by atoms with van der Waals surface area (Å²) in [5.74, 6) is -0.573. The molecule has 0 amide bonds. The Morgan fingerprint density at radius 3 is 1.88 bits per heavy atom. The molecule has 0 heterocycles. The summed E-state index contributed by atoms with van der Waals surface area (Å²) in [6.45, 7) is 13.7. The first-order chi connectivity index (χ1) is 14.7. The number of hydrogen-bond acceptors (Lipinski definition) is 4. The van der Waals surface area contributed by atoms with Crippen molar-refractivity contribution in [3.8, 4) is 11.8 Å². The molecule has 0 aliphatic rings. The molecule has 2 aromatic rings. The first kappa shape index (κ1) is 25.8. The second kappa shape index (κ2) is 9.57. The Kier molecular flexibility index (Phi) is 7.71. The maximum atomic E-state index is 12.8. The lowest BCUT2D eigenvalue weighted by Crippen LogP contribution is -2.18. The van der Waals surface area contributed by atoms with Crippen LogP contribution >= 0.6 is 23.2 Å². The number of aromatic hydroxyl groups is 1. The molecule has 32 heavy (non-hydrogen) atoms. The lowest BCUT2D eigenvalue weighted by atomic mass is 9.77. The lowest BCUT2D eigenvalue weighted by molar-refractivity contribution is -0.137. The van der Waals surface area contributed by atoms with Crippen molar-refractivity contribution in [1.82, 2.24) is 0 Å². The van der Waals surface area contributed by atoms with Crippen molar-refractivity contribution >= 4 is 34.7 Å². The molecule has 0 fully saturated rings. The first-order valence-corrected chi connectivity index (χ1v) is 11.1. The van der Waals surface area contributed by atoms with Gasteiger partial charge in [0.2, 0.25) is 0 Å². The first-order valence-electron chi connectivity index (χ1n) is 10.4. The van der Waals surface area contributed by atoms with Gasteiger partial charge in [-0.1, -0.05) is 70.8 Å². The van der Waals surface area contributed by atoms with E-state index >= 15 is 0 Å². The molecule has 0 saturated carbocycles. The minimum absolute atomic E-state index is 0.115. The van der Waals surface area contributed by atoms with E-state index < -0.39 is 16.8 Å². The third-order valence-corrected chi connectivity index (χ3v) is 5.70. The molecule has 1 N–H and O–H groups in total. The van der Waals surface area contributed by atoms with E-state index in [1.54, 1.807) is 37.3 Å². The molecule has 0 unspecified atom stereocenters. The molecule has 0 saturated heterocycles. The van der Waals surface area contributed by atoms with Crippen LogP contribution in [-0.4, -0.2) is 17.7 Å². The molecule has 0 aliphatic carbocycles. The molecule has 0 radical (unpaired) electrons. The number of carbonyl (C=O) groups is 1. The topological polar surface area (TPSA) is 70.3 Å². The SMILES string of the molecule is CCOC(=O)C(C#N)=C(c1cc(C(C)(C)C)c(O)c(C(C)(C)C)c1)c1c(Cl)cccc1Cl. The summed E-state index contributed by atoms with van der Waals surface area (Å²) in [5.41, 5.74) is 1.54. The zero-order chi connectivity index (χ0) is 24.4. The molecule has 0 aliphatic heterocycles. The van der Waals surface area contributed by atoms with Crippen LogP contribution in [0.4, 0.5) is 0 Å². The minimum atomic E-state index is -0.760. The summed E-state index contributed by atoms with van der Waals surface area (Å²) in [6, 6.07) is 10.6. The van der Waals surface area contributed by atoms with Gasteiger partial charge < -0.3 is 9.84 Å². The minimum Gasteiger partial charge on any atom is -0.507 e. The van der Waals surface area contributed by atoms with Gasteiger partial charge in [-0.25, -0.2) is 4.79 Å². The number of nitrogens with zero attached hydrogens (tertiary/aromatic N) is 1. The molecule has 0 aromatic heterocycles. The number of phenolic OH excluding ortho intramolecular Hbond substituents is 1. The lowest BCUT2D eigenvalue weighted by Gasteiger charge is -2.29.